The van der Waals surface area contributed by atoms with Crippen molar-refractivity contribution in [2.75, 3.05) is 38.2 Å². The minimum absolute atomic E-state index is 0.0252. The highest BCUT2D eigenvalue weighted by Gasteiger charge is 2.22. The molecule has 0 radical (unpaired) electrons. The lowest BCUT2D eigenvalue weighted by Gasteiger charge is -2.35. The lowest BCUT2D eigenvalue weighted by molar-refractivity contribution is -0.385. The number of amides is 1. The molecular formula is C19H21BrN4O4. The van der Waals surface area contributed by atoms with Gasteiger partial charge in [0.05, 0.1) is 16.5 Å². The van der Waals surface area contributed by atoms with Crippen molar-refractivity contribution in [3.63, 3.8) is 0 Å². The minimum Gasteiger partial charge on any atom is -0.496 e. The summed E-state index contributed by atoms with van der Waals surface area (Å²) in [7, 11) is 1.62. The first kappa shape index (κ1) is 20.1. The predicted molar refractivity (Wildman–Crippen MR) is 109 cm³/mol. The molecule has 1 aromatic carbocycles. The Hall–Kier alpha value is -2.68. The van der Waals surface area contributed by atoms with Crippen molar-refractivity contribution in [3.8, 4) is 5.75 Å². The van der Waals surface area contributed by atoms with Gasteiger partial charge in [-0.1, -0.05) is 6.07 Å². The molecule has 1 aliphatic heterocycles. The fourth-order valence-corrected chi connectivity index (χ4v) is 3.72. The number of hydrogen-bond donors (Lipinski definition) is 0. The van der Waals surface area contributed by atoms with E-state index in [2.05, 4.69) is 20.9 Å². The van der Waals surface area contributed by atoms with E-state index in [0.29, 0.717) is 44.8 Å². The van der Waals surface area contributed by atoms with Crippen molar-refractivity contribution in [2.45, 2.75) is 12.8 Å². The smallest absolute Gasteiger partial charge is 0.287 e. The van der Waals surface area contributed by atoms with E-state index in [4.69, 9.17) is 4.74 Å². The normalized spacial score (nSPS) is 14.1. The van der Waals surface area contributed by atoms with Gasteiger partial charge in [-0.3, -0.25) is 14.9 Å². The molecule has 0 spiro atoms. The van der Waals surface area contributed by atoms with Crippen LogP contribution in [-0.4, -0.2) is 54.0 Å². The molecule has 1 saturated heterocycles. The Bertz CT molecular complexity index is 852. The molecule has 0 atom stereocenters. The third-order valence-electron chi connectivity index (χ3n) is 4.74. The number of rotatable bonds is 6. The van der Waals surface area contributed by atoms with E-state index in [1.807, 2.05) is 28.0 Å². The van der Waals surface area contributed by atoms with E-state index < -0.39 is 4.92 Å². The fraction of sp³-hybridized carbons (Fsp3) is 0.368. The van der Waals surface area contributed by atoms with Crippen LogP contribution in [0, 0.1) is 10.1 Å². The van der Waals surface area contributed by atoms with Crippen LogP contribution in [0.3, 0.4) is 0 Å². The highest BCUT2D eigenvalue weighted by molar-refractivity contribution is 9.10. The second-order valence-electron chi connectivity index (χ2n) is 6.47. The van der Waals surface area contributed by atoms with Crippen molar-refractivity contribution in [1.29, 1.82) is 0 Å². The molecule has 148 valence electrons. The number of nitrogens with zero attached hydrogens (tertiary/aromatic N) is 4. The number of ether oxygens (including phenoxy) is 1. The van der Waals surface area contributed by atoms with E-state index in [9.17, 15) is 14.9 Å². The van der Waals surface area contributed by atoms with Crippen molar-refractivity contribution in [2.24, 2.45) is 0 Å². The summed E-state index contributed by atoms with van der Waals surface area (Å²) in [6.45, 7) is 2.54. The van der Waals surface area contributed by atoms with Gasteiger partial charge in [-0.25, -0.2) is 4.98 Å². The first-order chi connectivity index (χ1) is 13.5. The number of methoxy groups -OCH3 is 1. The summed E-state index contributed by atoms with van der Waals surface area (Å²) in [6.07, 6.45) is 2.39. The number of piperazine rings is 1. The molecule has 0 bridgehead atoms. The topological polar surface area (TPSA) is 88.8 Å². The number of carbonyl (C=O) groups is 1. The second kappa shape index (κ2) is 9.01. The molecule has 0 aliphatic carbocycles. The number of hydrogen-bond acceptors (Lipinski definition) is 6. The summed E-state index contributed by atoms with van der Waals surface area (Å²) < 4.78 is 6.10. The number of carbonyl (C=O) groups excluding carboxylic acids is 1. The molecule has 0 unspecified atom stereocenters. The largest absolute Gasteiger partial charge is 0.496 e. The fourth-order valence-electron chi connectivity index (χ4n) is 3.13. The standard InChI is InChI=1S/C19H21BrN4O4/c1-28-17-5-2-14(12-16(17)20)3-7-19(25)23-10-8-22(9-11-23)18-6-4-15(13-21-18)24(26)27/h2,4-6,12-13H,3,7-11H2,1H3. The molecule has 2 heterocycles. The van der Waals surface area contributed by atoms with E-state index in [1.54, 1.807) is 13.2 Å². The molecule has 2 aromatic rings. The maximum Gasteiger partial charge on any atom is 0.287 e. The number of anilines is 1. The van der Waals surface area contributed by atoms with Gasteiger partial charge in [-0.2, -0.15) is 0 Å². The minimum atomic E-state index is -0.464. The van der Waals surface area contributed by atoms with Crippen LogP contribution in [0.25, 0.3) is 0 Å². The first-order valence-corrected chi connectivity index (χ1v) is 9.73. The van der Waals surface area contributed by atoms with Gasteiger partial charge in [-0.15, -0.1) is 0 Å². The molecule has 0 saturated carbocycles. The zero-order valence-corrected chi connectivity index (χ0v) is 17.1. The monoisotopic (exact) mass is 448 g/mol. The average molecular weight is 449 g/mol. The van der Waals surface area contributed by atoms with E-state index in [1.165, 1.54) is 12.3 Å². The van der Waals surface area contributed by atoms with Gasteiger partial charge in [-0.05, 0) is 46.1 Å². The molecule has 28 heavy (non-hydrogen) atoms. The quantitative estimate of drug-likeness (QED) is 0.498. The maximum atomic E-state index is 12.5. The number of pyridine rings is 1. The summed E-state index contributed by atoms with van der Waals surface area (Å²) in [5.41, 5.74) is 1.05. The molecule has 1 fully saturated rings. The summed E-state index contributed by atoms with van der Waals surface area (Å²) in [6, 6.07) is 8.93. The SMILES string of the molecule is COc1ccc(CCC(=O)N2CCN(c3ccc([N+](=O)[O-])cn3)CC2)cc1Br. The predicted octanol–water partition coefficient (Wildman–Crippen LogP) is 3.04. The molecule has 9 heteroatoms. The summed E-state index contributed by atoms with van der Waals surface area (Å²) in [5, 5.41) is 10.7. The van der Waals surface area contributed by atoms with Gasteiger partial charge < -0.3 is 14.5 Å². The van der Waals surface area contributed by atoms with Gasteiger partial charge >= 0.3 is 0 Å². The van der Waals surface area contributed by atoms with Gasteiger partial charge in [0.15, 0.2) is 0 Å². The van der Waals surface area contributed by atoms with Crippen LogP contribution < -0.4 is 9.64 Å². The van der Waals surface area contributed by atoms with E-state index >= 15 is 0 Å². The van der Waals surface area contributed by atoms with Crippen LogP contribution in [0.15, 0.2) is 41.0 Å². The molecule has 3 rings (SSSR count). The van der Waals surface area contributed by atoms with Gasteiger partial charge in [0, 0.05) is 38.7 Å². The summed E-state index contributed by atoms with van der Waals surface area (Å²) >= 11 is 3.46. The Morgan fingerprint density at radius 1 is 1.25 bits per heavy atom. The van der Waals surface area contributed by atoms with Gasteiger partial charge in [0.2, 0.25) is 5.91 Å². The zero-order chi connectivity index (χ0) is 20.1. The number of benzene rings is 1. The molecule has 0 N–H and O–H groups in total. The summed E-state index contributed by atoms with van der Waals surface area (Å²) in [5.74, 6) is 1.59. The first-order valence-electron chi connectivity index (χ1n) is 8.93. The molecule has 8 nitrogen and oxygen atoms in total. The van der Waals surface area contributed by atoms with Crippen molar-refractivity contribution in [1.82, 2.24) is 9.88 Å². The van der Waals surface area contributed by atoms with Gasteiger partial charge in [0.25, 0.3) is 5.69 Å². The van der Waals surface area contributed by atoms with Crippen LogP contribution in [0.4, 0.5) is 11.5 Å². The van der Waals surface area contributed by atoms with Crippen molar-refractivity contribution in [3.05, 3.63) is 56.7 Å². The Labute approximate surface area is 171 Å². The Morgan fingerprint density at radius 3 is 2.57 bits per heavy atom. The van der Waals surface area contributed by atoms with Crippen LogP contribution in [0.5, 0.6) is 5.75 Å². The second-order valence-corrected chi connectivity index (χ2v) is 7.32. The van der Waals surface area contributed by atoms with Crippen LogP contribution in [0.1, 0.15) is 12.0 Å². The molecule has 1 amide bonds. The van der Waals surface area contributed by atoms with Crippen molar-refractivity contribution >= 4 is 33.3 Å². The van der Waals surface area contributed by atoms with Crippen LogP contribution in [0.2, 0.25) is 0 Å². The number of aromatic nitrogens is 1. The Balaban J connectivity index is 1.49. The zero-order valence-electron chi connectivity index (χ0n) is 15.5. The lowest BCUT2D eigenvalue weighted by atomic mass is 10.1. The van der Waals surface area contributed by atoms with Gasteiger partial charge in [0.1, 0.15) is 17.8 Å². The summed E-state index contributed by atoms with van der Waals surface area (Å²) in [4.78, 5) is 30.8. The highest BCUT2D eigenvalue weighted by atomic mass is 79.9. The molecular weight excluding hydrogens is 428 g/mol. The molecule has 1 aromatic heterocycles. The maximum absolute atomic E-state index is 12.5. The third-order valence-corrected chi connectivity index (χ3v) is 5.36. The Morgan fingerprint density at radius 2 is 2.00 bits per heavy atom. The Kier molecular flexibility index (Phi) is 6.45. The van der Waals surface area contributed by atoms with Crippen molar-refractivity contribution < 1.29 is 14.5 Å². The average Bonchev–Trinajstić information content (AvgIpc) is 2.72. The molecule has 1 aliphatic rings. The highest BCUT2D eigenvalue weighted by Crippen LogP contribution is 2.26. The third kappa shape index (κ3) is 4.78. The van der Waals surface area contributed by atoms with E-state index in [0.717, 1.165) is 15.8 Å². The number of nitro groups is 1. The number of aryl methyl sites for hydroxylation is 1. The van der Waals surface area contributed by atoms with E-state index in [-0.39, 0.29) is 11.6 Å². The lowest BCUT2D eigenvalue weighted by Crippen LogP contribution is -2.49. The van der Waals surface area contributed by atoms with Crippen LogP contribution in [-0.2, 0) is 11.2 Å². The number of halogens is 1. The van der Waals surface area contributed by atoms with Crippen LogP contribution >= 0.6 is 15.9 Å².